The normalized spacial score (nSPS) is 13.3. The quantitative estimate of drug-likeness (QED) is 0.0301. The van der Waals surface area contributed by atoms with E-state index in [1.54, 1.807) is 58.0 Å². The first-order valence-corrected chi connectivity index (χ1v) is 29.2. The molecule has 4 N–H and O–H groups in total. The minimum atomic E-state index is -4.89. The van der Waals surface area contributed by atoms with E-state index in [9.17, 15) is 25.3 Å². The molecule has 4 rings (SSSR count). The monoisotopic (exact) mass is 944 g/mol. The Hall–Kier alpha value is -3.04. The highest BCUT2D eigenvalue weighted by Gasteiger charge is 2.52. The lowest BCUT2D eigenvalue weighted by atomic mass is 10.1. The first kappa shape index (κ1) is 52.3. The number of sulfonamides is 1. The lowest BCUT2D eigenvalue weighted by Crippen LogP contribution is -2.63. The summed E-state index contributed by atoms with van der Waals surface area (Å²) in [5.41, 5.74) is 6.28. The van der Waals surface area contributed by atoms with Crippen LogP contribution in [0.1, 0.15) is 61.3 Å². The van der Waals surface area contributed by atoms with Gasteiger partial charge < -0.3 is 37.2 Å². The molecule has 0 saturated carbocycles. The van der Waals surface area contributed by atoms with Crippen molar-refractivity contribution in [2.24, 2.45) is 0 Å². The zero-order chi connectivity index (χ0) is 45.5. The van der Waals surface area contributed by atoms with Crippen LogP contribution in [0.15, 0.2) is 82.6 Å². The van der Waals surface area contributed by atoms with Crippen LogP contribution in [0.3, 0.4) is 0 Å². The number of anilines is 2. The summed E-state index contributed by atoms with van der Waals surface area (Å²) in [4.78, 5) is 1.91. The summed E-state index contributed by atoms with van der Waals surface area (Å²) in [5.74, 6) is 0. The number of nitrogens with two attached hydrogens (primary N) is 1. The van der Waals surface area contributed by atoms with E-state index >= 15 is 0 Å². The van der Waals surface area contributed by atoms with Gasteiger partial charge in [-0.1, -0.05) is 55.5 Å². The van der Waals surface area contributed by atoms with Crippen molar-refractivity contribution in [3.63, 3.8) is 0 Å². The fourth-order valence-electron chi connectivity index (χ4n) is 6.78. The summed E-state index contributed by atoms with van der Waals surface area (Å²) in [6.45, 7) is 15.1. The predicted octanol–water partition coefficient (Wildman–Crippen LogP) is 6.02. The first-order chi connectivity index (χ1) is 28.9. The molecule has 4 aromatic carbocycles. The van der Waals surface area contributed by atoms with Crippen LogP contribution in [0, 0.1) is 0 Å². The fraction of sp³-hybridized carbons (Fsp3) is 0.500. The van der Waals surface area contributed by atoms with Crippen molar-refractivity contribution >= 4 is 78.5 Å². The highest BCUT2D eigenvalue weighted by molar-refractivity contribution is 8.66. The van der Waals surface area contributed by atoms with Gasteiger partial charge >= 0.3 is 26.7 Å². The van der Waals surface area contributed by atoms with E-state index < -0.39 is 51.2 Å². The van der Waals surface area contributed by atoms with Crippen molar-refractivity contribution in [2.45, 2.75) is 82.8 Å². The van der Waals surface area contributed by atoms with E-state index in [1.807, 2.05) is 64.0 Å². The Morgan fingerprint density at radius 2 is 1.10 bits per heavy atom. The van der Waals surface area contributed by atoms with Gasteiger partial charge in [0.2, 0.25) is 10.0 Å². The maximum atomic E-state index is 13.2. The fourth-order valence-corrected chi connectivity index (χ4v) is 18.0. The second-order valence-electron chi connectivity index (χ2n) is 13.6. The van der Waals surface area contributed by atoms with Crippen LogP contribution < -0.4 is 20.1 Å². The summed E-state index contributed by atoms with van der Waals surface area (Å²) in [6.07, 6.45) is 0.780. The molecule has 16 nitrogen and oxygen atoms in total. The number of rotatable bonds is 25. The van der Waals surface area contributed by atoms with Crippen LogP contribution in [0.2, 0.25) is 6.04 Å². The predicted molar refractivity (Wildman–Crippen MR) is 246 cm³/mol. The zero-order valence-electron chi connectivity index (χ0n) is 36.7. The number of nitrogens with one attached hydrogen (secondary N) is 2. The van der Waals surface area contributed by atoms with Crippen molar-refractivity contribution in [1.82, 2.24) is 9.44 Å². The molecule has 21 heteroatoms. The van der Waals surface area contributed by atoms with E-state index in [-0.39, 0.29) is 48.0 Å². The van der Waals surface area contributed by atoms with Crippen molar-refractivity contribution in [3.8, 4) is 0 Å². The topological polar surface area (TPSA) is 211 Å². The molecule has 0 radical (unpaired) electrons. The molecule has 0 bridgehead atoms. The van der Waals surface area contributed by atoms with E-state index in [0.29, 0.717) is 48.7 Å². The molecule has 0 spiro atoms. The third kappa shape index (κ3) is 12.8. The van der Waals surface area contributed by atoms with Crippen LogP contribution in [0.25, 0.3) is 21.5 Å². The maximum absolute atomic E-state index is 13.2. The molecule has 0 aromatic heterocycles. The molecule has 1 unspecified atom stereocenters. The van der Waals surface area contributed by atoms with Gasteiger partial charge in [0.25, 0.3) is 8.87 Å². The zero-order valence-corrected chi connectivity index (χ0v) is 41.2. The lowest BCUT2D eigenvalue weighted by Gasteiger charge is -2.34. The van der Waals surface area contributed by atoms with E-state index in [0.717, 1.165) is 11.1 Å². The van der Waals surface area contributed by atoms with Crippen molar-refractivity contribution in [3.05, 3.63) is 72.8 Å². The summed E-state index contributed by atoms with van der Waals surface area (Å²) in [6, 6.07) is 20.7. The Morgan fingerprint density at radius 1 is 0.607 bits per heavy atom. The summed E-state index contributed by atoms with van der Waals surface area (Å²) < 4.78 is 119. The largest absolute Gasteiger partial charge is 0.519 e. The molecule has 0 saturated heterocycles. The number of fused-ring (bicyclic) bond motifs is 2. The summed E-state index contributed by atoms with van der Waals surface area (Å²) in [7, 11) is -15.8. The van der Waals surface area contributed by atoms with Crippen molar-refractivity contribution in [2.75, 3.05) is 70.9 Å². The Labute approximate surface area is 364 Å². The molecule has 0 aliphatic rings. The minimum Gasteiger partial charge on any atom is -0.398 e. The van der Waals surface area contributed by atoms with E-state index in [4.69, 9.17) is 32.3 Å². The second-order valence-corrected chi connectivity index (χ2v) is 26.0. The molecule has 0 aliphatic heterocycles. The Bertz CT molecular complexity index is 2320. The molecule has 4 aromatic rings. The molecule has 0 amide bonds. The van der Waals surface area contributed by atoms with Gasteiger partial charge in [0.05, 0.1) is 15.5 Å². The first-order valence-electron chi connectivity index (χ1n) is 20.5. The smallest absolute Gasteiger partial charge is 0.398 e. The Balaban J connectivity index is 0.000000325. The van der Waals surface area contributed by atoms with Crippen LogP contribution >= 0.6 is 0 Å². The van der Waals surface area contributed by atoms with Gasteiger partial charge in [-0.3, -0.25) is 0 Å². The Morgan fingerprint density at radius 3 is 1.62 bits per heavy atom. The number of nitrogen functional groups attached to an aromatic ring is 1. The molecule has 0 heterocycles. The highest BCUT2D eigenvalue weighted by Crippen LogP contribution is 2.32. The molecule has 1 atom stereocenters. The van der Waals surface area contributed by atoms with E-state index in [2.05, 4.69) is 9.44 Å². The molecule has 0 aliphatic carbocycles. The maximum Gasteiger partial charge on any atom is 0.519 e. The van der Waals surface area contributed by atoms with Crippen LogP contribution in [0.5, 0.6) is 0 Å². The molecule has 342 valence electrons. The van der Waals surface area contributed by atoms with Crippen LogP contribution in [0.4, 0.5) is 11.4 Å². The summed E-state index contributed by atoms with van der Waals surface area (Å²) in [5, 5.41) is 2.29. The van der Waals surface area contributed by atoms with Gasteiger partial charge in [-0.2, -0.15) is 13.1 Å². The lowest BCUT2D eigenvalue weighted by molar-refractivity contribution is 0.0600. The van der Waals surface area contributed by atoms with Gasteiger partial charge in [0, 0.05) is 99.2 Å². The van der Waals surface area contributed by atoms with Gasteiger partial charge in [0.15, 0.2) is 0 Å². The second kappa shape index (κ2) is 23.6. The van der Waals surface area contributed by atoms with Crippen molar-refractivity contribution in [1.29, 1.82) is 0 Å². The molecular formula is C40H64N4O12S3Si2. The third-order valence-electron chi connectivity index (χ3n) is 9.31. The minimum absolute atomic E-state index is 0.212. The van der Waals surface area contributed by atoms with E-state index in [1.165, 1.54) is 18.2 Å². The van der Waals surface area contributed by atoms with Crippen LogP contribution in [-0.2, 0) is 54.5 Å². The SMILES string of the molecule is CCO[Si](CCCNS(=O)(=O)c1cccc2c(N(C)C)cccc12)(OCC)OCC.CCO[Si](OCC)(OCC)C(CC)NS(=O)(=O)S(=O)(=O)c1ccc(N)c2ccccc12. The van der Waals surface area contributed by atoms with Gasteiger partial charge in [-0.25, -0.2) is 21.6 Å². The standard InChI is InChI=1S/C21H34N2O5SSi.C19H30N2O7S2Si/c1-6-26-30(27-7-2,28-8-3)17-11-16-22-29(24,25)21-15-10-12-18-19(21)13-9-14-20(18)23(4)5;1-5-19(31(26-6-2,27-7-3)28-8-4)21-30(24,25)29(22,23)18-14-13-17(20)15-11-9-10-12-16(15)18/h9-10,12-15,22H,6-8,11,16-17H2,1-5H3;9-14,19,21H,5-8,20H2,1-4H3. The number of nitrogens with zero attached hydrogens (tertiary/aromatic N) is 1. The highest BCUT2D eigenvalue weighted by atomic mass is 33.2. The van der Waals surface area contributed by atoms with Crippen LogP contribution in [-0.4, -0.2) is 109 Å². The number of hydrogen-bond acceptors (Lipinski definition) is 14. The number of benzene rings is 4. The molecular weight excluding hydrogens is 881 g/mol. The van der Waals surface area contributed by atoms with Crippen molar-refractivity contribution < 1.29 is 51.8 Å². The average Bonchev–Trinajstić information content (AvgIpc) is 3.22. The molecule has 61 heavy (non-hydrogen) atoms. The molecule has 0 fully saturated rings. The summed E-state index contributed by atoms with van der Waals surface area (Å²) >= 11 is 0. The van der Waals surface area contributed by atoms with Gasteiger partial charge in [0.1, 0.15) is 0 Å². The third-order valence-corrected chi connectivity index (χ3v) is 22.3. The van der Waals surface area contributed by atoms with Gasteiger partial charge in [-0.05, 0) is 78.6 Å². The Kier molecular flexibility index (Phi) is 20.2. The average molecular weight is 945 g/mol. The van der Waals surface area contributed by atoms with Gasteiger partial charge in [-0.15, -0.1) is 0 Å². The number of hydrogen-bond donors (Lipinski definition) is 3.